The van der Waals surface area contributed by atoms with Gasteiger partial charge in [-0.15, -0.1) is 0 Å². The van der Waals surface area contributed by atoms with Crippen molar-refractivity contribution >= 4 is 17.7 Å². The molecule has 1 aromatic carbocycles. The molecule has 0 fully saturated rings. The predicted molar refractivity (Wildman–Crippen MR) is 46.4 cm³/mol. The molecule has 0 aliphatic rings. The first-order chi connectivity index (χ1) is 6.13. The summed E-state index contributed by atoms with van der Waals surface area (Å²) in [5.41, 5.74) is 5.09. The number of nitrogens with zero attached hydrogens (tertiary/aromatic N) is 1. The van der Waals surface area contributed by atoms with Crippen molar-refractivity contribution < 1.29 is 9.53 Å². The molecule has 0 saturated carbocycles. The van der Waals surface area contributed by atoms with E-state index >= 15 is 0 Å². The summed E-state index contributed by atoms with van der Waals surface area (Å²) >= 11 is 5.66. The van der Waals surface area contributed by atoms with Crippen LogP contribution in [0.25, 0.3) is 0 Å². The Morgan fingerprint density at radius 2 is 2.31 bits per heavy atom. The average Bonchev–Trinajstić information content (AvgIpc) is 2.03. The summed E-state index contributed by atoms with van der Waals surface area (Å²) in [6.45, 7) is 0. The summed E-state index contributed by atoms with van der Waals surface area (Å²) < 4.78 is 4.54. The summed E-state index contributed by atoms with van der Waals surface area (Å²) in [5.74, 6) is 0.219. The van der Waals surface area contributed by atoms with Crippen molar-refractivity contribution in [3.05, 3.63) is 28.8 Å². The summed E-state index contributed by atoms with van der Waals surface area (Å²) in [5, 5.41) is 8.75. The van der Waals surface area contributed by atoms with Crippen LogP contribution in [0.15, 0.2) is 18.2 Å². The highest BCUT2D eigenvalue weighted by Gasteiger charge is 2.03. The van der Waals surface area contributed by atoms with Gasteiger partial charge in [-0.2, -0.15) is 5.26 Å². The van der Waals surface area contributed by atoms with E-state index in [2.05, 4.69) is 4.74 Å². The van der Waals surface area contributed by atoms with Crippen molar-refractivity contribution in [2.24, 2.45) is 5.73 Å². The normalized spacial score (nSPS) is 8.92. The lowest BCUT2D eigenvalue weighted by Gasteiger charge is -2.00. The fraction of sp³-hybridized carbons (Fsp3) is 0. The molecule has 1 rings (SSSR count). The highest BCUT2D eigenvalue weighted by Crippen LogP contribution is 2.21. The van der Waals surface area contributed by atoms with Gasteiger partial charge in [0.2, 0.25) is 0 Å². The number of ether oxygens (including phenoxy) is 1. The molecule has 0 unspecified atom stereocenters. The molecule has 0 aliphatic carbocycles. The zero-order valence-electron chi connectivity index (χ0n) is 6.45. The zero-order chi connectivity index (χ0) is 9.84. The second kappa shape index (κ2) is 3.78. The standard InChI is InChI=1S/C8H5ClN2O2/c9-7-3-6(13-8(11)12)2-1-5(7)4-10/h1-3H,(H2,11,12). The van der Waals surface area contributed by atoms with Gasteiger partial charge >= 0.3 is 6.09 Å². The number of benzene rings is 1. The van der Waals surface area contributed by atoms with Gasteiger partial charge in [0, 0.05) is 6.07 Å². The van der Waals surface area contributed by atoms with Crippen LogP contribution in [0.5, 0.6) is 5.75 Å². The van der Waals surface area contributed by atoms with E-state index in [4.69, 9.17) is 22.6 Å². The largest absolute Gasteiger partial charge is 0.410 e. The van der Waals surface area contributed by atoms with Crippen molar-refractivity contribution in [3.8, 4) is 11.8 Å². The Labute approximate surface area is 79.5 Å². The molecule has 0 spiro atoms. The molecular formula is C8H5ClN2O2. The Morgan fingerprint density at radius 3 is 2.77 bits per heavy atom. The number of carbonyl (C=O) groups is 1. The summed E-state index contributed by atoms with van der Waals surface area (Å²) in [4.78, 5) is 10.3. The minimum atomic E-state index is -0.916. The molecule has 0 radical (unpaired) electrons. The van der Waals surface area contributed by atoms with Crippen molar-refractivity contribution in [2.45, 2.75) is 0 Å². The van der Waals surface area contributed by atoms with E-state index in [1.165, 1.54) is 18.2 Å². The molecule has 13 heavy (non-hydrogen) atoms. The number of primary amides is 1. The summed E-state index contributed by atoms with van der Waals surface area (Å²) in [6.07, 6.45) is -0.916. The van der Waals surface area contributed by atoms with Gasteiger partial charge in [0.15, 0.2) is 0 Å². The first-order valence-corrected chi connectivity index (χ1v) is 3.68. The van der Waals surface area contributed by atoms with Gasteiger partial charge in [0.1, 0.15) is 11.8 Å². The van der Waals surface area contributed by atoms with Gasteiger partial charge in [-0.3, -0.25) is 0 Å². The minimum Gasteiger partial charge on any atom is -0.410 e. The fourth-order valence-corrected chi connectivity index (χ4v) is 0.979. The average molecular weight is 197 g/mol. The van der Waals surface area contributed by atoms with E-state index in [1.54, 1.807) is 0 Å². The lowest BCUT2D eigenvalue weighted by atomic mass is 10.2. The molecule has 0 heterocycles. The van der Waals surface area contributed by atoms with Gasteiger partial charge in [0.25, 0.3) is 0 Å². The third-order valence-corrected chi connectivity index (χ3v) is 1.59. The number of carbonyl (C=O) groups excluding carboxylic acids is 1. The van der Waals surface area contributed by atoms with Gasteiger partial charge < -0.3 is 10.5 Å². The van der Waals surface area contributed by atoms with Crippen LogP contribution < -0.4 is 10.5 Å². The number of rotatable bonds is 1. The molecule has 0 aromatic heterocycles. The lowest BCUT2D eigenvalue weighted by Crippen LogP contribution is -2.16. The van der Waals surface area contributed by atoms with E-state index in [0.717, 1.165) is 0 Å². The van der Waals surface area contributed by atoms with Crippen molar-refractivity contribution in [2.75, 3.05) is 0 Å². The molecule has 2 N–H and O–H groups in total. The quantitative estimate of drug-likeness (QED) is 0.742. The molecule has 1 amide bonds. The second-order valence-corrected chi connectivity index (χ2v) is 2.58. The van der Waals surface area contributed by atoms with Crippen LogP contribution in [0, 0.1) is 11.3 Å². The van der Waals surface area contributed by atoms with Gasteiger partial charge in [-0.25, -0.2) is 4.79 Å². The molecule has 5 heteroatoms. The monoisotopic (exact) mass is 196 g/mol. The third-order valence-electron chi connectivity index (χ3n) is 1.28. The molecule has 66 valence electrons. The van der Waals surface area contributed by atoms with Crippen LogP contribution in [0.3, 0.4) is 0 Å². The van der Waals surface area contributed by atoms with Crippen LogP contribution >= 0.6 is 11.6 Å². The smallest absolute Gasteiger partial charge is 0.409 e. The van der Waals surface area contributed by atoms with E-state index in [-0.39, 0.29) is 10.8 Å². The number of halogens is 1. The molecular weight excluding hydrogens is 192 g/mol. The van der Waals surface area contributed by atoms with Gasteiger partial charge in [0.05, 0.1) is 10.6 Å². The van der Waals surface area contributed by atoms with Crippen molar-refractivity contribution in [3.63, 3.8) is 0 Å². The maximum Gasteiger partial charge on any atom is 0.409 e. The van der Waals surface area contributed by atoms with E-state index in [0.29, 0.717) is 5.56 Å². The number of nitriles is 1. The second-order valence-electron chi connectivity index (χ2n) is 2.17. The Balaban J connectivity index is 2.97. The molecule has 1 aromatic rings. The van der Waals surface area contributed by atoms with E-state index in [1.807, 2.05) is 6.07 Å². The first kappa shape index (κ1) is 9.36. The number of hydrogen-bond donors (Lipinski definition) is 1. The van der Waals surface area contributed by atoms with Crippen LogP contribution in [0.4, 0.5) is 4.79 Å². The van der Waals surface area contributed by atoms with Crippen molar-refractivity contribution in [1.29, 1.82) is 5.26 Å². The fourth-order valence-electron chi connectivity index (χ4n) is 0.766. The minimum absolute atomic E-state index is 0.219. The highest BCUT2D eigenvalue weighted by atomic mass is 35.5. The number of hydrogen-bond acceptors (Lipinski definition) is 3. The topological polar surface area (TPSA) is 76.1 Å². The maximum absolute atomic E-state index is 10.3. The molecule has 4 nitrogen and oxygen atoms in total. The van der Waals surface area contributed by atoms with Crippen LogP contribution in [-0.4, -0.2) is 6.09 Å². The zero-order valence-corrected chi connectivity index (χ0v) is 7.21. The van der Waals surface area contributed by atoms with Crippen molar-refractivity contribution in [1.82, 2.24) is 0 Å². The third kappa shape index (κ3) is 2.36. The summed E-state index contributed by atoms with van der Waals surface area (Å²) in [7, 11) is 0. The van der Waals surface area contributed by atoms with Crippen LogP contribution in [-0.2, 0) is 0 Å². The summed E-state index contributed by atoms with van der Waals surface area (Å²) in [6, 6.07) is 6.11. The molecule has 0 aliphatic heterocycles. The highest BCUT2D eigenvalue weighted by molar-refractivity contribution is 6.31. The Kier molecular flexibility index (Phi) is 2.72. The molecule has 0 saturated heterocycles. The maximum atomic E-state index is 10.3. The Hall–Kier alpha value is -1.73. The van der Waals surface area contributed by atoms with Gasteiger partial charge in [-0.05, 0) is 12.1 Å². The van der Waals surface area contributed by atoms with E-state index < -0.39 is 6.09 Å². The predicted octanol–water partition coefficient (Wildman–Crippen LogP) is 1.67. The van der Waals surface area contributed by atoms with Crippen LogP contribution in [0.2, 0.25) is 5.02 Å². The SMILES string of the molecule is N#Cc1ccc(OC(N)=O)cc1Cl. The first-order valence-electron chi connectivity index (χ1n) is 3.30. The van der Waals surface area contributed by atoms with Gasteiger partial charge in [-0.1, -0.05) is 11.6 Å². The molecule has 0 bridgehead atoms. The van der Waals surface area contributed by atoms with E-state index in [9.17, 15) is 4.79 Å². The molecule has 0 atom stereocenters. The Morgan fingerprint density at radius 1 is 1.62 bits per heavy atom. The van der Waals surface area contributed by atoms with Crippen LogP contribution in [0.1, 0.15) is 5.56 Å². The number of amides is 1. The lowest BCUT2D eigenvalue weighted by molar-refractivity contribution is 0.211. The number of nitrogens with two attached hydrogens (primary N) is 1. The Bertz CT molecular complexity index is 384.